The Bertz CT molecular complexity index is 5050. The molecule has 0 N–H and O–H groups in total. The van der Waals surface area contributed by atoms with Crippen LogP contribution >= 0.6 is 0 Å². The molecule has 110 heavy (non-hydrogen) atoms. The van der Waals surface area contributed by atoms with Crippen molar-refractivity contribution in [1.29, 1.82) is 0 Å². The van der Waals surface area contributed by atoms with E-state index in [1.807, 2.05) is 0 Å². The first-order valence-corrected chi connectivity index (χ1v) is 41.7. The molecule has 3 atom stereocenters. The standard InChI is InChI=1S/C100H118N6O4/c1-14-22-25-42-61-98(12,108-83-49-34-29-35-50-83)84-69-74(65-73(17-4)44-24-16-3)91(109-99(13,62-43-26-23-15-2)100(20-7,21-8)78-63-71(9)93(72(10)64-78)110-97(11,18-5)19-6)70-92(84)107-82-59-57-81(58-60-82)106-90-56-41-38-53-87(90)103-96(106)77-67-75(94-101-85-51-36-39-54-88(85)104(94)79-45-30-27-31-46-79)66-76(68-77)95-102-86-52-37-40-55-89(86)105(95)80-47-32-28-33-48-80/h27-39,41,45-54,56-60,63-64,66-70,73H,14-26,40,42-44,55,61-62,65H2,1-13H3. The first kappa shape index (κ1) is 78.2. The van der Waals surface area contributed by atoms with Crippen LogP contribution in [0.25, 0.3) is 79.4 Å². The molecule has 1 aliphatic carbocycles. The molecule has 13 rings (SSSR count). The molecule has 10 heteroatoms. The third-order valence-electron chi connectivity index (χ3n) is 24.3. The normalized spacial score (nSPS) is 13.8. The van der Waals surface area contributed by atoms with Crippen LogP contribution in [0.4, 0.5) is 0 Å². The summed E-state index contributed by atoms with van der Waals surface area (Å²) in [6, 6.07) is 73.7. The number of hydrogen-bond acceptors (Lipinski definition) is 7. The second kappa shape index (κ2) is 35.0. The fraction of sp³-hybridized carbons (Fsp3) is 0.390. The Balaban J connectivity index is 0.990. The Labute approximate surface area is 656 Å². The number of rotatable bonds is 37. The monoisotopic (exact) mass is 1470 g/mol. The number of aromatic nitrogens is 6. The summed E-state index contributed by atoms with van der Waals surface area (Å²) in [6.45, 7) is 30.1. The number of benzene rings is 9. The SMILES string of the molecule is CCCCCCC(C)(Oc1ccccc1)c1cc(CC(CC)CCCC)c(OC(C)(CCCCCC)C(CC)(CC)c2cc(C)c(OC(C)(CC)CC)c(C)c2)cc1Oc1ccc(-n2c(-c3cc(-c4nc5c(n4-c4ccccc4)CCC=C5)cc(-c4nc5ccccc5n4-c4ccccc4)c3)nc3ccccc32)cc1. The van der Waals surface area contributed by atoms with Crippen LogP contribution in [0, 0.1) is 19.8 Å². The van der Waals surface area contributed by atoms with E-state index in [0.717, 1.165) is 230 Å². The second-order valence-corrected chi connectivity index (χ2v) is 31.8. The summed E-state index contributed by atoms with van der Waals surface area (Å²) in [5, 5.41) is 0. The summed E-state index contributed by atoms with van der Waals surface area (Å²) in [7, 11) is 0. The molecule has 0 saturated carbocycles. The Hall–Kier alpha value is -9.93. The van der Waals surface area contributed by atoms with Crippen molar-refractivity contribution in [2.45, 2.75) is 247 Å². The summed E-state index contributed by atoms with van der Waals surface area (Å²) in [5.74, 6) is 7.06. The minimum absolute atomic E-state index is 0.256. The predicted octanol–water partition coefficient (Wildman–Crippen LogP) is 27.8. The maximum absolute atomic E-state index is 8.32. The van der Waals surface area contributed by atoms with Gasteiger partial charge in [-0.3, -0.25) is 13.7 Å². The molecule has 0 aliphatic heterocycles. The topological polar surface area (TPSA) is 90.4 Å². The van der Waals surface area contributed by atoms with Gasteiger partial charge in [-0.2, -0.15) is 0 Å². The van der Waals surface area contributed by atoms with Crippen molar-refractivity contribution < 1.29 is 18.9 Å². The van der Waals surface area contributed by atoms with Crippen LogP contribution in [0.2, 0.25) is 0 Å². The van der Waals surface area contributed by atoms with E-state index in [2.05, 4.69) is 322 Å². The number of nitrogens with zero attached hydrogens (tertiary/aromatic N) is 6. The van der Waals surface area contributed by atoms with Crippen LogP contribution in [0.1, 0.15) is 237 Å². The molecule has 0 spiro atoms. The van der Waals surface area contributed by atoms with Gasteiger partial charge in [0.15, 0.2) is 0 Å². The minimum Gasteiger partial charge on any atom is -0.487 e. The van der Waals surface area contributed by atoms with Crippen LogP contribution in [-0.2, 0) is 23.9 Å². The molecular weight excluding hydrogens is 1350 g/mol. The fourth-order valence-corrected chi connectivity index (χ4v) is 17.4. The van der Waals surface area contributed by atoms with Crippen molar-refractivity contribution in [2.75, 3.05) is 0 Å². The Morgan fingerprint density at radius 2 is 0.973 bits per heavy atom. The third-order valence-corrected chi connectivity index (χ3v) is 24.3. The zero-order valence-electron chi connectivity index (χ0n) is 68.0. The van der Waals surface area contributed by atoms with Crippen LogP contribution in [0.15, 0.2) is 212 Å². The molecule has 0 fully saturated rings. The Morgan fingerprint density at radius 1 is 0.455 bits per heavy atom. The highest BCUT2D eigenvalue weighted by molar-refractivity contribution is 5.88. The average molecular weight is 1470 g/mol. The van der Waals surface area contributed by atoms with Gasteiger partial charge >= 0.3 is 0 Å². The van der Waals surface area contributed by atoms with Crippen LogP contribution < -0.4 is 18.9 Å². The molecule has 10 nitrogen and oxygen atoms in total. The van der Waals surface area contributed by atoms with Gasteiger partial charge in [-0.05, 0) is 249 Å². The number of hydrogen-bond donors (Lipinski definition) is 0. The van der Waals surface area contributed by atoms with Gasteiger partial charge < -0.3 is 18.9 Å². The van der Waals surface area contributed by atoms with Crippen molar-refractivity contribution in [1.82, 2.24) is 28.7 Å². The van der Waals surface area contributed by atoms with Crippen molar-refractivity contribution in [3.8, 4) is 80.0 Å². The quantitative estimate of drug-likeness (QED) is 0.0358. The third kappa shape index (κ3) is 16.4. The highest BCUT2D eigenvalue weighted by atomic mass is 16.5. The van der Waals surface area contributed by atoms with E-state index in [9.17, 15) is 0 Å². The van der Waals surface area contributed by atoms with E-state index >= 15 is 0 Å². The summed E-state index contributed by atoms with van der Waals surface area (Å²) >= 11 is 0. The van der Waals surface area contributed by atoms with Gasteiger partial charge in [0.25, 0.3) is 0 Å². The van der Waals surface area contributed by atoms with E-state index in [4.69, 9.17) is 33.9 Å². The molecule has 0 amide bonds. The summed E-state index contributed by atoms with van der Waals surface area (Å²) < 4.78 is 37.5. The van der Waals surface area contributed by atoms with Crippen LogP contribution in [-0.4, -0.2) is 39.9 Å². The van der Waals surface area contributed by atoms with Gasteiger partial charge in [0, 0.05) is 50.8 Å². The predicted molar refractivity (Wildman–Crippen MR) is 459 cm³/mol. The van der Waals surface area contributed by atoms with Crippen molar-refractivity contribution in [2.24, 2.45) is 5.92 Å². The number of ether oxygens (including phenoxy) is 4. The summed E-state index contributed by atoms with van der Waals surface area (Å²) in [5.41, 5.74) is 15.6. The lowest BCUT2D eigenvalue weighted by Crippen LogP contribution is -2.53. The molecule has 3 heterocycles. The molecule has 3 aromatic heterocycles. The average Bonchev–Trinajstić information content (AvgIpc) is 1.11. The lowest BCUT2D eigenvalue weighted by atomic mass is 9.62. The number of allylic oxidation sites excluding steroid dienone is 1. The fourth-order valence-electron chi connectivity index (χ4n) is 17.4. The Kier molecular flexibility index (Phi) is 24.9. The molecule has 0 radical (unpaired) electrons. The lowest BCUT2D eigenvalue weighted by molar-refractivity contribution is -0.0155. The van der Waals surface area contributed by atoms with Gasteiger partial charge in [0.2, 0.25) is 0 Å². The van der Waals surface area contributed by atoms with E-state index in [1.165, 1.54) is 40.8 Å². The summed E-state index contributed by atoms with van der Waals surface area (Å²) in [4.78, 5) is 16.7. The molecular formula is C100H118N6O4. The summed E-state index contributed by atoms with van der Waals surface area (Å²) in [6.07, 6.45) is 25.9. The van der Waals surface area contributed by atoms with Crippen molar-refractivity contribution >= 4 is 28.1 Å². The number of aryl methyl sites for hydroxylation is 2. The molecule has 9 aromatic carbocycles. The van der Waals surface area contributed by atoms with Gasteiger partial charge in [-0.1, -0.05) is 217 Å². The molecule has 3 unspecified atom stereocenters. The number of fused-ring (bicyclic) bond motifs is 3. The first-order chi connectivity index (χ1) is 53.5. The van der Waals surface area contributed by atoms with E-state index in [0.29, 0.717) is 11.7 Å². The maximum Gasteiger partial charge on any atom is 0.145 e. The largest absolute Gasteiger partial charge is 0.487 e. The smallest absolute Gasteiger partial charge is 0.145 e. The van der Waals surface area contributed by atoms with E-state index < -0.39 is 11.2 Å². The second-order valence-electron chi connectivity index (χ2n) is 31.8. The first-order valence-electron chi connectivity index (χ1n) is 41.7. The molecule has 572 valence electrons. The number of imidazole rings is 3. The molecule has 1 aliphatic rings. The van der Waals surface area contributed by atoms with E-state index in [1.54, 1.807) is 0 Å². The van der Waals surface area contributed by atoms with Gasteiger partial charge in [0.05, 0.1) is 33.5 Å². The number of unbranched alkanes of at least 4 members (excludes halogenated alkanes) is 7. The highest BCUT2D eigenvalue weighted by Crippen LogP contribution is 2.52. The van der Waals surface area contributed by atoms with Gasteiger partial charge in [-0.15, -0.1) is 0 Å². The maximum atomic E-state index is 8.32. The van der Waals surface area contributed by atoms with Crippen molar-refractivity contribution in [3.63, 3.8) is 0 Å². The van der Waals surface area contributed by atoms with Crippen LogP contribution in [0.3, 0.4) is 0 Å². The van der Waals surface area contributed by atoms with Gasteiger partial charge in [0.1, 0.15) is 63.0 Å². The molecule has 0 bridgehead atoms. The van der Waals surface area contributed by atoms with Gasteiger partial charge in [-0.25, -0.2) is 15.0 Å². The van der Waals surface area contributed by atoms with E-state index in [-0.39, 0.29) is 11.0 Å². The zero-order chi connectivity index (χ0) is 77.0. The number of para-hydroxylation sites is 7. The molecule has 12 aromatic rings. The van der Waals surface area contributed by atoms with Crippen LogP contribution in [0.5, 0.6) is 28.7 Å². The highest BCUT2D eigenvalue weighted by Gasteiger charge is 2.50. The van der Waals surface area contributed by atoms with Crippen molar-refractivity contribution in [3.05, 3.63) is 252 Å². The Morgan fingerprint density at radius 3 is 1.52 bits per heavy atom. The lowest BCUT2D eigenvalue weighted by Gasteiger charge is -2.49. The molecule has 0 saturated heterocycles. The minimum atomic E-state index is -0.801. The zero-order valence-corrected chi connectivity index (χ0v) is 68.0.